The molecule has 0 unspecified atom stereocenters. The molecular formula is C25H20FNO6S. The molecule has 3 aromatic rings. The van der Waals surface area contributed by atoms with Gasteiger partial charge in [0.05, 0.1) is 6.61 Å². The largest absolute Gasteiger partial charge is 0.490 e. The second kappa shape index (κ2) is 9.48. The fraction of sp³-hybridized carbons (Fsp3) is 0.120. The molecule has 0 saturated heterocycles. The van der Waals surface area contributed by atoms with E-state index in [9.17, 15) is 17.6 Å². The Morgan fingerprint density at radius 2 is 1.71 bits per heavy atom. The van der Waals surface area contributed by atoms with Crippen LogP contribution in [0.2, 0.25) is 0 Å². The first kappa shape index (κ1) is 23.2. The van der Waals surface area contributed by atoms with Gasteiger partial charge in [0.2, 0.25) is 5.90 Å². The third kappa shape index (κ3) is 5.15. The molecule has 3 aromatic carbocycles. The number of aryl methyl sites for hydroxylation is 1. The Bertz CT molecular complexity index is 1390. The van der Waals surface area contributed by atoms with Gasteiger partial charge in [0, 0.05) is 5.56 Å². The van der Waals surface area contributed by atoms with Gasteiger partial charge in [-0.25, -0.2) is 14.2 Å². The molecule has 1 heterocycles. The second-order valence-corrected chi connectivity index (χ2v) is 8.88. The van der Waals surface area contributed by atoms with E-state index in [1.807, 2.05) is 6.92 Å². The maximum atomic E-state index is 13.1. The lowest BCUT2D eigenvalue weighted by molar-refractivity contribution is -0.129. The summed E-state index contributed by atoms with van der Waals surface area (Å²) in [5.74, 6) is -0.833. The molecule has 7 nitrogen and oxygen atoms in total. The van der Waals surface area contributed by atoms with E-state index in [4.69, 9.17) is 13.7 Å². The molecule has 0 N–H and O–H groups in total. The summed E-state index contributed by atoms with van der Waals surface area (Å²) in [6, 6.07) is 16.2. The van der Waals surface area contributed by atoms with E-state index in [-0.39, 0.29) is 34.6 Å². The van der Waals surface area contributed by atoms with Crippen LogP contribution in [0.25, 0.3) is 6.08 Å². The number of halogens is 1. The first-order chi connectivity index (χ1) is 16.2. The zero-order valence-corrected chi connectivity index (χ0v) is 19.1. The topological polar surface area (TPSA) is 91.3 Å². The van der Waals surface area contributed by atoms with E-state index in [1.54, 1.807) is 25.1 Å². The third-order valence-corrected chi connectivity index (χ3v) is 6.04. The Hall–Kier alpha value is -3.98. The number of benzene rings is 3. The Morgan fingerprint density at radius 1 is 1.00 bits per heavy atom. The normalized spacial score (nSPS) is 14.6. The number of aliphatic imine (C=N–C) groups is 1. The van der Waals surface area contributed by atoms with Crippen LogP contribution in [0, 0.1) is 12.7 Å². The van der Waals surface area contributed by atoms with Gasteiger partial charge in [-0.1, -0.05) is 23.8 Å². The third-order valence-electron chi connectivity index (χ3n) is 4.79. The first-order valence-electron chi connectivity index (χ1n) is 10.3. The number of esters is 1. The number of carbonyl (C=O) groups excluding carboxylic acids is 1. The lowest BCUT2D eigenvalue weighted by Crippen LogP contribution is -2.11. The first-order valence-corrected chi connectivity index (χ1v) is 11.7. The van der Waals surface area contributed by atoms with Crippen LogP contribution < -0.4 is 8.92 Å². The number of cyclic esters (lactones) is 1. The van der Waals surface area contributed by atoms with Crippen molar-refractivity contribution in [2.24, 2.45) is 4.99 Å². The van der Waals surface area contributed by atoms with Gasteiger partial charge < -0.3 is 13.7 Å². The molecule has 1 aliphatic heterocycles. The van der Waals surface area contributed by atoms with Crippen LogP contribution in [0.4, 0.5) is 4.39 Å². The number of nitrogens with zero attached hydrogens (tertiary/aromatic N) is 1. The van der Waals surface area contributed by atoms with Crippen LogP contribution in [0.3, 0.4) is 0 Å². The van der Waals surface area contributed by atoms with Crippen molar-refractivity contribution in [3.05, 3.63) is 94.9 Å². The highest BCUT2D eigenvalue weighted by atomic mass is 32.2. The van der Waals surface area contributed by atoms with Crippen molar-refractivity contribution in [3.63, 3.8) is 0 Å². The van der Waals surface area contributed by atoms with E-state index in [1.165, 1.54) is 54.6 Å². The van der Waals surface area contributed by atoms with Crippen LogP contribution in [-0.4, -0.2) is 26.9 Å². The van der Waals surface area contributed by atoms with E-state index in [0.29, 0.717) is 11.1 Å². The summed E-state index contributed by atoms with van der Waals surface area (Å²) in [7, 11) is -4.07. The number of carbonyl (C=O) groups is 1. The van der Waals surface area contributed by atoms with E-state index in [0.717, 1.165) is 5.56 Å². The van der Waals surface area contributed by atoms with Crippen molar-refractivity contribution >= 4 is 28.1 Å². The van der Waals surface area contributed by atoms with Gasteiger partial charge in [0.15, 0.2) is 17.2 Å². The van der Waals surface area contributed by atoms with Crippen molar-refractivity contribution in [2.45, 2.75) is 18.7 Å². The minimum absolute atomic E-state index is 0.00840. The fourth-order valence-corrected chi connectivity index (χ4v) is 4.05. The van der Waals surface area contributed by atoms with Crippen LogP contribution in [-0.2, 0) is 19.6 Å². The molecule has 0 saturated carbocycles. The van der Waals surface area contributed by atoms with Crippen LogP contribution in [0.5, 0.6) is 11.5 Å². The van der Waals surface area contributed by atoms with Crippen molar-refractivity contribution < 1.29 is 31.3 Å². The Morgan fingerprint density at radius 3 is 2.38 bits per heavy atom. The van der Waals surface area contributed by atoms with Gasteiger partial charge in [-0.2, -0.15) is 8.42 Å². The lowest BCUT2D eigenvalue weighted by atomic mass is 10.1. The predicted molar refractivity (Wildman–Crippen MR) is 124 cm³/mol. The average molecular weight is 482 g/mol. The molecule has 174 valence electrons. The molecule has 1 aliphatic rings. The summed E-state index contributed by atoms with van der Waals surface area (Å²) < 4.78 is 54.6. The zero-order valence-electron chi connectivity index (χ0n) is 18.3. The minimum Gasteiger partial charge on any atom is -0.490 e. The number of rotatable bonds is 7. The highest BCUT2D eigenvalue weighted by Gasteiger charge is 2.25. The van der Waals surface area contributed by atoms with Crippen molar-refractivity contribution in [3.8, 4) is 11.5 Å². The fourth-order valence-electron chi connectivity index (χ4n) is 3.11. The minimum atomic E-state index is -4.07. The maximum absolute atomic E-state index is 13.1. The van der Waals surface area contributed by atoms with Crippen molar-refractivity contribution in [1.29, 1.82) is 0 Å². The number of ether oxygens (including phenoxy) is 2. The molecule has 0 aliphatic carbocycles. The summed E-state index contributed by atoms with van der Waals surface area (Å²) in [6.45, 7) is 3.86. The van der Waals surface area contributed by atoms with Crippen molar-refractivity contribution in [2.75, 3.05) is 6.61 Å². The second-order valence-electron chi connectivity index (χ2n) is 7.33. The monoisotopic (exact) mass is 481 g/mol. The van der Waals surface area contributed by atoms with Gasteiger partial charge in [-0.15, -0.1) is 0 Å². The maximum Gasteiger partial charge on any atom is 0.363 e. The molecular weight excluding hydrogens is 461 g/mol. The van der Waals surface area contributed by atoms with E-state index in [2.05, 4.69) is 4.99 Å². The quantitative estimate of drug-likeness (QED) is 0.277. The molecule has 0 amide bonds. The average Bonchev–Trinajstić information content (AvgIpc) is 3.16. The Kier molecular flexibility index (Phi) is 6.47. The highest BCUT2D eigenvalue weighted by Crippen LogP contribution is 2.32. The molecule has 0 spiro atoms. The summed E-state index contributed by atoms with van der Waals surface area (Å²) in [5.41, 5.74) is 1.92. The SMILES string of the molecule is CCOc1cc(/C=C2/N=C(c3ccc(F)cc3)OC2=O)ccc1OS(=O)(=O)c1ccc(C)cc1. The van der Waals surface area contributed by atoms with Gasteiger partial charge in [0.1, 0.15) is 10.7 Å². The Balaban J connectivity index is 1.62. The number of hydrogen-bond donors (Lipinski definition) is 0. The van der Waals surface area contributed by atoms with E-state index >= 15 is 0 Å². The molecule has 0 atom stereocenters. The van der Waals surface area contributed by atoms with Gasteiger partial charge >= 0.3 is 16.1 Å². The lowest BCUT2D eigenvalue weighted by Gasteiger charge is -2.12. The van der Waals surface area contributed by atoms with Crippen molar-refractivity contribution in [1.82, 2.24) is 0 Å². The van der Waals surface area contributed by atoms with Crippen LogP contribution in [0.15, 0.2) is 82.3 Å². The van der Waals surface area contributed by atoms with Gasteiger partial charge in [-0.05, 0) is 74.0 Å². The molecule has 0 bridgehead atoms. The van der Waals surface area contributed by atoms with Crippen LogP contribution in [0.1, 0.15) is 23.6 Å². The summed E-state index contributed by atoms with van der Waals surface area (Å²) in [6.07, 6.45) is 1.47. The molecule has 9 heteroatoms. The number of hydrogen-bond acceptors (Lipinski definition) is 7. The summed E-state index contributed by atoms with van der Waals surface area (Å²) in [5, 5.41) is 0. The highest BCUT2D eigenvalue weighted by molar-refractivity contribution is 7.87. The standard InChI is InChI=1S/C25H20FNO6S/c1-3-31-23-15-17(6-13-22(23)33-34(29,30)20-11-4-16(2)5-12-20)14-21-25(28)32-24(27-21)18-7-9-19(26)10-8-18/h4-15H,3H2,1-2H3/b21-14+. The van der Waals surface area contributed by atoms with Gasteiger partial charge in [-0.3, -0.25) is 0 Å². The summed E-state index contributed by atoms with van der Waals surface area (Å²) in [4.78, 5) is 16.5. The predicted octanol–water partition coefficient (Wildman–Crippen LogP) is 4.65. The molecule has 34 heavy (non-hydrogen) atoms. The molecule has 0 fully saturated rings. The molecule has 0 radical (unpaired) electrons. The van der Waals surface area contributed by atoms with E-state index < -0.39 is 21.9 Å². The van der Waals surface area contributed by atoms with Gasteiger partial charge in [0.25, 0.3) is 0 Å². The molecule has 4 rings (SSSR count). The summed E-state index contributed by atoms with van der Waals surface area (Å²) >= 11 is 0. The smallest absolute Gasteiger partial charge is 0.363 e. The van der Waals surface area contributed by atoms with Crippen LogP contribution >= 0.6 is 0 Å². The zero-order chi connectivity index (χ0) is 24.3. The Labute approximate surface area is 196 Å². The molecule has 0 aromatic heterocycles.